The minimum Gasteiger partial charge on any atom is -0.268 e. The van der Waals surface area contributed by atoms with Gasteiger partial charge in [-0.25, -0.2) is 0 Å². The van der Waals surface area contributed by atoms with E-state index < -0.39 is 0 Å². The lowest BCUT2D eigenvalue weighted by atomic mass is 10.2. The molecule has 0 N–H and O–H groups in total. The molecule has 0 saturated heterocycles. The molecule has 0 spiro atoms. The third-order valence-corrected chi connectivity index (χ3v) is 2.29. The topological polar surface area (TPSA) is 30.7 Å². The molecule has 0 saturated carbocycles. The molecular weight excluding hydrogens is 186 g/mol. The molecule has 78 valence electrons. The van der Waals surface area contributed by atoms with Gasteiger partial charge in [0, 0.05) is 18.6 Å². The van der Waals surface area contributed by atoms with Crippen molar-refractivity contribution in [3.05, 3.63) is 48.0 Å². The van der Waals surface area contributed by atoms with E-state index in [1.807, 2.05) is 23.1 Å². The first-order valence-corrected chi connectivity index (χ1v) is 5.28. The molecule has 15 heavy (non-hydrogen) atoms. The van der Waals surface area contributed by atoms with E-state index in [4.69, 9.17) is 0 Å². The fraction of sp³-hybridized carbons (Fsp3) is 0.333. The van der Waals surface area contributed by atoms with Gasteiger partial charge in [-0.15, -0.1) is 0 Å². The van der Waals surface area contributed by atoms with Gasteiger partial charge in [-0.05, 0) is 23.6 Å². The molecule has 3 heteroatoms. The smallest absolute Gasteiger partial charge is 0.0674 e. The number of hydrogen-bond acceptors (Lipinski definition) is 2. The van der Waals surface area contributed by atoms with Crippen LogP contribution in [0.3, 0.4) is 0 Å². The summed E-state index contributed by atoms with van der Waals surface area (Å²) in [4.78, 5) is 4.08. The Morgan fingerprint density at radius 3 is 2.93 bits per heavy atom. The molecule has 2 heterocycles. The lowest BCUT2D eigenvalue weighted by molar-refractivity contribution is 0.684. The summed E-state index contributed by atoms with van der Waals surface area (Å²) in [5.41, 5.74) is 2.49. The zero-order chi connectivity index (χ0) is 10.5. The normalized spacial score (nSPS) is 10.5. The molecule has 0 aliphatic carbocycles. The van der Waals surface area contributed by atoms with Crippen molar-refractivity contribution in [2.75, 3.05) is 0 Å². The second kappa shape index (κ2) is 4.73. The fourth-order valence-electron chi connectivity index (χ4n) is 1.59. The van der Waals surface area contributed by atoms with Crippen molar-refractivity contribution >= 4 is 0 Å². The van der Waals surface area contributed by atoms with Gasteiger partial charge < -0.3 is 0 Å². The van der Waals surface area contributed by atoms with Gasteiger partial charge in [0.05, 0.1) is 12.7 Å². The second-order valence-corrected chi connectivity index (χ2v) is 3.66. The molecule has 2 aromatic rings. The van der Waals surface area contributed by atoms with Crippen LogP contribution in [0.4, 0.5) is 0 Å². The highest BCUT2D eigenvalue weighted by atomic mass is 15.3. The molecular formula is C12H15N3. The average Bonchev–Trinajstić information content (AvgIpc) is 2.68. The Balaban J connectivity index is 2.05. The predicted octanol–water partition coefficient (Wildman–Crippen LogP) is 2.28. The molecule has 0 bridgehead atoms. The standard InChI is InChI=1S/C12H15N3/c1-2-4-11-8-14-15(9-11)10-12-5-3-6-13-7-12/h3,5-9H,2,4,10H2,1H3. The monoisotopic (exact) mass is 201 g/mol. The van der Waals surface area contributed by atoms with E-state index in [-0.39, 0.29) is 0 Å². The van der Waals surface area contributed by atoms with Gasteiger partial charge in [0.2, 0.25) is 0 Å². The minimum atomic E-state index is 0.803. The third kappa shape index (κ3) is 2.65. The molecule has 0 aliphatic heterocycles. The Morgan fingerprint density at radius 2 is 2.20 bits per heavy atom. The van der Waals surface area contributed by atoms with E-state index in [0.29, 0.717) is 0 Å². The van der Waals surface area contributed by atoms with E-state index in [1.54, 1.807) is 6.20 Å². The van der Waals surface area contributed by atoms with Crippen molar-refractivity contribution < 1.29 is 0 Å². The van der Waals surface area contributed by atoms with E-state index in [9.17, 15) is 0 Å². The van der Waals surface area contributed by atoms with E-state index >= 15 is 0 Å². The summed E-state index contributed by atoms with van der Waals surface area (Å²) in [6, 6.07) is 4.01. The largest absolute Gasteiger partial charge is 0.268 e. The molecule has 0 aliphatic rings. The summed E-state index contributed by atoms with van der Waals surface area (Å²) in [6.07, 6.45) is 9.98. The highest BCUT2D eigenvalue weighted by molar-refractivity contribution is 5.10. The van der Waals surface area contributed by atoms with Crippen molar-refractivity contribution in [3.63, 3.8) is 0 Å². The third-order valence-electron chi connectivity index (χ3n) is 2.29. The number of aromatic nitrogens is 3. The first-order valence-electron chi connectivity index (χ1n) is 5.28. The minimum absolute atomic E-state index is 0.803. The van der Waals surface area contributed by atoms with Gasteiger partial charge >= 0.3 is 0 Å². The van der Waals surface area contributed by atoms with Gasteiger partial charge in [-0.1, -0.05) is 19.4 Å². The number of rotatable bonds is 4. The SMILES string of the molecule is CCCc1cnn(Cc2cccnc2)c1. The Labute approximate surface area is 89.8 Å². The summed E-state index contributed by atoms with van der Waals surface area (Å²) >= 11 is 0. The lowest BCUT2D eigenvalue weighted by Gasteiger charge is -1.99. The zero-order valence-corrected chi connectivity index (χ0v) is 8.93. The Kier molecular flexibility index (Phi) is 3.12. The van der Waals surface area contributed by atoms with Crippen molar-refractivity contribution in [2.45, 2.75) is 26.3 Å². The maximum atomic E-state index is 4.32. The van der Waals surface area contributed by atoms with Gasteiger partial charge in [-0.3, -0.25) is 9.67 Å². The van der Waals surface area contributed by atoms with Crippen molar-refractivity contribution in [1.82, 2.24) is 14.8 Å². The van der Waals surface area contributed by atoms with Gasteiger partial charge in [0.25, 0.3) is 0 Å². The summed E-state index contributed by atoms with van der Waals surface area (Å²) in [7, 11) is 0. The molecule has 0 aromatic carbocycles. The first kappa shape index (κ1) is 9.90. The van der Waals surface area contributed by atoms with Crippen LogP contribution >= 0.6 is 0 Å². The van der Waals surface area contributed by atoms with Crippen LogP contribution in [0.2, 0.25) is 0 Å². The highest BCUT2D eigenvalue weighted by Crippen LogP contribution is 2.04. The Bertz CT molecular complexity index is 406. The van der Waals surface area contributed by atoms with Crippen LogP contribution in [0.5, 0.6) is 0 Å². The predicted molar refractivity (Wildman–Crippen MR) is 59.6 cm³/mol. The number of nitrogens with zero attached hydrogens (tertiary/aromatic N) is 3. The lowest BCUT2D eigenvalue weighted by Crippen LogP contribution is -1.99. The molecule has 2 rings (SSSR count). The van der Waals surface area contributed by atoms with E-state index in [0.717, 1.165) is 13.0 Å². The Morgan fingerprint density at radius 1 is 1.27 bits per heavy atom. The average molecular weight is 201 g/mol. The summed E-state index contributed by atoms with van der Waals surface area (Å²) in [6.45, 7) is 2.98. The summed E-state index contributed by atoms with van der Waals surface area (Å²) in [5.74, 6) is 0. The molecule has 2 aromatic heterocycles. The molecule has 0 atom stereocenters. The zero-order valence-electron chi connectivity index (χ0n) is 8.93. The van der Waals surface area contributed by atoms with Gasteiger partial charge in [-0.2, -0.15) is 5.10 Å². The van der Waals surface area contributed by atoms with Crippen molar-refractivity contribution in [1.29, 1.82) is 0 Å². The van der Waals surface area contributed by atoms with E-state index in [2.05, 4.69) is 29.3 Å². The second-order valence-electron chi connectivity index (χ2n) is 3.66. The summed E-state index contributed by atoms with van der Waals surface area (Å²) in [5, 5.41) is 4.32. The fourth-order valence-corrected chi connectivity index (χ4v) is 1.59. The molecule has 0 amide bonds. The molecule has 3 nitrogen and oxygen atoms in total. The van der Waals surface area contributed by atoms with Crippen LogP contribution in [0.1, 0.15) is 24.5 Å². The van der Waals surface area contributed by atoms with Crippen LogP contribution < -0.4 is 0 Å². The molecule has 0 unspecified atom stereocenters. The number of pyridine rings is 1. The Hall–Kier alpha value is -1.64. The maximum Gasteiger partial charge on any atom is 0.0674 e. The van der Waals surface area contributed by atoms with Crippen LogP contribution in [0, 0.1) is 0 Å². The maximum absolute atomic E-state index is 4.32. The summed E-state index contributed by atoms with van der Waals surface area (Å²) < 4.78 is 1.96. The van der Waals surface area contributed by atoms with Crippen LogP contribution in [-0.4, -0.2) is 14.8 Å². The van der Waals surface area contributed by atoms with Gasteiger partial charge in [0.15, 0.2) is 0 Å². The highest BCUT2D eigenvalue weighted by Gasteiger charge is 1.98. The molecule has 0 radical (unpaired) electrons. The van der Waals surface area contributed by atoms with Crippen LogP contribution in [0.15, 0.2) is 36.9 Å². The van der Waals surface area contributed by atoms with Crippen LogP contribution in [0.25, 0.3) is 0 Å². The molecule has 0 fully saturated rings. The number of hydrogen-bond donors (Lipinski definition) is 0. The number of aryl methyl sites for hydroxylation is 1. The first-order chi connectivity index (χ1) is 7.38. The van der Waals surface area contributed by atoms with Crippen molar-refractivity contribution in [2.24, 2.45) is 0 Å². The van der Waals surface area contributed by atoms with Crippen LogP contribution in [-0.2, 0) is 13.0 Å². The van der Waals surface area contributed by atoms with Gasteiger partial charge in [0.1, 0.15) is 0 Å². The van der Waals surface area contributed by atoms with Crippen molar-refractivity contribution in [3.8, 4) is 0 Å². The van der Waals surface area contributed by atoms with E-state index in [1.165, 1.54) is 17.5 Å². The quantitative estimate of drug-likeness (QED) is 0.759.